The summed E-state index contributed by atoms with van der Waals surface area (Å²) in [4.78, 5) is 30.8. The fourth-order valence-corrected chi connectivity index (χ4v) is 10.8. The maximum atomic E-state index is 14.2. The minimum Gasteiger partial charge on any atom is -0.380 e. The van der Waals surface area contributed by atoms with E-state index in [4.69, 9.17) is 16.3 Å². The molecule has 5 aromatic rings. The number of carbonyl (C=O) groups is 1. The van der Waals surface area contributed by atoms with Gasteiger partial charge in [-0.3, -0.25) is 24.2 Å². The van der Waals surface area contributed by atoms with Gasteiger partial charge in [-0.05, 0) is 89.8 Å². The van der Waals surface area contributed by atoms with Crippen molar-refractivity contribution < 1.29 is 40.6 Å². The predicted octanol–water partition coefficient (Wildman–Crippen LogP) is 8.16. The minimum atomic E-state index is -6.02. The van der Waals surface area contributed by atoms with E-state index in [1.54, 1.807) is 12.1 Å². The lowest BCUT2D eigenvalue weighted by Gasteiger charge is -2.36. The number of hydrogen-bond acceptors (Lipinski definition) is 10. The van der Waals surface area contributed by atoms with Crippen LogP contribution in [0.1, 0.15) is 22.3 Å². The largest absolute Gasteiger partial charge is 0.501 e. The number of anilines is 2. The maximum absolute atomic E-state index is 14.2. The van der Waals surface area contributed by atoms with Crippen LogP contribution in [0.5, 0.6) is 0 Å². The van der Waals surface area contributed by atoms with Crippen LogP contribution in [0.15, 0.2) is 131 Å². The second kappa shape index (κ2) is 20.6. The number of morpholine rings is 1. The summed E-state index contributed by atoms with van der Waals surface area (Å²) in [5.74, 6) is -0.577. The highest BCUT2D eigenvalue weighted by molar-refractivity contribution is 7.99. The van der Waals surface area contributed by atoms with Gasteiger partial charge in [0.2, 0.25) is 0 Å². The molecule has 18 heteroatoms. The van der Waals surface area contributed by atoms with Crippen molar-refractivity contribution in [3.8, 4) is 11.1 Å². The molecular weight excluding hydrogens is 894 g/mol. The number of ether oxygens (including phenoxy) is 1. The van der Waals surface area contributed by atoms with Crippen LogP contribution in [-0.2, 0) is 25.7 Å². The Bertz CT molecular complexity index is 2490. The Hall–Kier alpha value is -4.38. The fourth-order valence-electron chi connectivity index (χ4n) is 7.52. The number of rotatable bonds is 16. The first-order valence-corrected chi connectivity index (χ1v) is 24.9. The first kappa shape index (κ1) is 46.6. The van der Waals surface area contributed by atoms with Gasteiger partial charge in [0.25, 0.3) is 15.7 Å². The van der Waals surface area contributed by atoms with Crippen molar-refractivity contribution >= 4 is 63.3 Å². The Morgan fingerprint density at radius 2 is 1.51 bits per heavy atom. The van der Waals surface area contributed by atoms with E-state index in [0.29, 0.717) is 56.1 Å². The van der Waals surface area contributed by atoms with E-state index in [1.807, 2.05) is 71.8 Å². The molecule has 2 aliphatic rings. The third-order valence-corrected chi connectivity index (χ3v) is 15.5. The maximum Gasteiger partial charge on any atom is 0.501 e. The molecule has 2 fully saturated rings. The summed E-state index contributed by atoms with van der Waals surface area (Å²) in [6, 6.07) is 34.0. The molecule has 7 rings (SSSR count). The minimum absolute atomic E-state index is 0.0333. The SMILES string of the molecule is O=C(NP(=O)(O)c1ccc(N[C@H](CCN2CCOCC2)CSc2ccccc2)c(S(=O)(=O)C(F)(F)F)c1)c1ccc(N2CCN(Cc3ccccc3-c3ccc(Cl)cc3)CC2)cc1. The van der Waals surface area contributed by atoms with E-state index in [1.165, 1.54) is 29.5 Å². The van der Waals surface area contributed by atoms with Crippen molar-refractivity contribution in [3.63, 3.8) is 0 Å². The summed E-state index contributed by atoms with van der Waals surface area (Å²) in [5, 5.41) is 5.04. The zero-order chi connectivity index (χ0) is 44.6. The third-order valence-electron chi connectivity index (χ3n) is 11.0. The highest BCUT2D eigenvalue weighted by atomic mass is 35.5. The van der Waals surface area contributed by atoms with Crippen molar-refractivity contribution in [1.29, 1.82) is 0 Å². The summed E-state index contributed by atoms with van der Waals surface area (Å²) < 4.78 is 87.7. The van der Waals surface area contributed by atoms with E-state index >= 15 is 0 Å². The number of sulfone groups is 1. The van der Waals surface area contributed by atoms with Gasteiger partial charge in [-0.1, -0.05) is 66.2 Å². The van der Waals surface area contributed by atoms with Gasteiger partial charge in [-0.25, -0.2) is 8.42 Å². The number of halogens is 4. The molecule has 1 amide bonds. The number of nitrogens with one attached hydrogen (secondary N) is 2. The number of hydrogen-bond donors (Lipinski definition) is 3. The highest BCUT2D eigenvalue weighted by Crippen LogP contribution is 2.40. The first-order valence-electron chi connectivity index (χ1n) is 20.4. The van der Waals surface area contributed by atoms with Crippen LogP contribution in [0.25, 0.3) is 11.1 Å². The molecule has 334 valence electrons. The van der Waals surface area contributed by atoms with Crippen LogP contribution in [0.2, 0.25) is 5.02 Å². The molecule has 0 aromatic heterocycles. The smallest absolute Gasteiger partial charge is 0.380 e. The molecule has 1 unspecified atom stereocenters. The van der Waals surface area contributed by atoms with Crippen LogP contribution >= 0.6 is 30.9 Å². The van der Waals surface area contributed by atoms with E-state index < -0.39 is 45.0 Å². The predicted molar refractivity (Wildman–Crippen MR) is 244 cm³/mol. The van der Waals surface area contributed by atoms with E-state index in [0.717, 1.165) is 66.6 Å². The molecule has 63 heavy (non-hydrogen) atoms. The van der Waals surface area contributed by atoms with Crippen LogP contribution in [0, 0.1) is 0 Å². The van der Waals surface area contributed by atoms with Gasteiger partial charge in [0.1, 0.15) is 4.90 Å². The zero-order valence-corrected chi connectivity index (χ0v) is 37.5. The van der Waals surface area contributed by atoms with Crippen molar-refractivity contribution in [1.82, 2.24) is 14.9 Å². The number of thioether (sulfide) groups is 1. The molecule has 2 saturated heterocycles. The molecule has 0 bridgehead atoms. The number of alkyl halides is 3. The Kier molecular flexibility index (Phi) is 15.3. The molecule has 0 spiro atoms. The lowest BCUT2D eigenvalue weighted by Crippen LogP contribution is -2.46. The van der Waals surface area contributed by atoms with Gasteiger partial charge in [0.05, 0.1) is 24.2 Å². The molecule has 11 nitrogen and oxygen atoms in total. The molecule has 0 radical (unpaired) electrons. The van der Waals surface area contributed by atoms with Crippen LogP contribution in [0.3, 0.4) is 0 Å². The van der Waals surface area contributed by atoms with Gasteiger partial charge in [-0.2, -0.15) is 13.2 Å². The highest BCUT2D eigenvalue weighted by Gasteiger charge is 2.48. The molecule has 3 N–H and O–H groups in total. The summed E-state index contributed by atoms with van der Waals surface area (Å²) in [7, 11) is -11.0. The Labute approximate surface area is 375 Å². The molecule has 2 atom stereocenters. The molecule has 2 heterocycles. The summed E-state index contributed by atoms with van der Waals surface area (Å²) in [6.45, 7) is 6.82. The lowest BCUT2D eigenvalue weighted by atomic mass is 9.99. The van der Waals surface area contributed by atoms with Gasteiger partial charge in [-0.15, -0.1) is 11.8 Å². The van der Waals surface area contributed by atoms with Crippen molar-refractivity contribution in [2.24, 2.45) is 0 Å². The summed E-state index contributed by atoms with van der Waals surface area (Å²) in [5.41, 5.74) is -1.78. The molecular formula is C45H48ClF3N5O6PS2. The van der Waals surface area contributed by atoms with E-state index in [-0.39, 0.29) is 11.3 Å². The molecule has 0 aliphatic carbocycles. The van der Waals surface area contributed by atoms with Gasteiger partial charge in [0.15, 0.2) is 0 Å². The Morgan fingerprint density at radius 1 is 0.841 bits per heavy atom. The van der Waals surface area contributed by atoms with Crippen LogP contribution < -0.4 is 20.6 Å². The Balaban J connectivity index is 1.01. The third kappa shape index (κ3) is 12.1. The molecule has 0 saturated carbocycles. The number of benzene rings is 5. The van der Waals surface area contributed by atoms with Crippen molar-refractivity contribution in [2.75, 3.05) is 75.0 Å². The van der Waals surface area contributed by atoms with Crippen LogP contribution in [-0.4, -0.2) is 105 Å². The topological polar surface area (TPSA) is 132 Å². The monoisotopic (exact) mass is 941 g/mol. The average Bonchev–Trinajstić information content (AvgIpc) is 3.28. The average molecular weight is 942 g/mol. The van der Waals surface area contributed by atoms with Gasteiger partial charge >= 0.3 is 13.0 Å². The molecule has 2 aliphatic heterocycles. The second-order valence-corrected chi connectivity index (χ2v) is 20.7. The quantitative estimate of drug-likeness (QED) is 0.0655. The summed E-state index contributed by atoms with van der Waals surface area (Å²) in [6.07, 6.45) is 0.456. The number of amides is 1. The number of carbonyl (C=O) groups excluding carboxylic acids is 1. The van der Waals surface area contributed by atoms with E-state index in [2.05, 4.69) is 32.1 Å². The molecule has 5 aromatic carbocycles. The zero-order valence-electron chi connectivity index (χ0n) is 34.2. The lowest BCUT2D eigenvalue weighted by molar-refractivity contribution is -0.0435. The standard InChI is InChI=1S/C45H48ClF3N5O6PS2/c46-36-14-10-33(11-15-36)41-9-5-4-6-35(41)31-53-22-24-54(25-23-53)38-16-12-34(13-17-38)44(55)51-61(56,57)39-18-19-42(43(30-39)63(58,59)45(47,48)49)50-37(20-21-52-26-28-60-29-27-52)32-62-40-7-2-1-3-8-40/h1-19,30,37,50H,20-29,31-32H2,(H2,51,55,56,57)/t37-/m1/s1. The number of piperazine rings is 1. The first-order chi connectivity index (χ1) is 30.2. The fraction of sp³-hybridized carbons (Fsp3) is 0.311. The van der Waals surface area contributed by atoms with Crippen LogP contribution in [0.4, 0.5) is 24.5 Å². The second-order valence-electron chi connectivity index (χ2n) is 15.3. The van der Waals surface area contributed by atoms with Crippen molar-refractivity contribution in [2.45, 2.75) is 34.3 Å². The Morgan fingerprint density at radius 3 is 2.19 bits per heavy atom. The van der Waals surface area contributed by atoms with E-state index in [9.17, 15) is 35.8 Å². The summed E-state index contributed by atoms with van der Waals surface area (Å²) >= 11 is 7.57. The van der Waals surface area contributed by atoms with Crippen molar-refractivity contribution in [3.05, 3.63) is 137 Å². The van der Waals surface area contributed by atoms with Gasteiger partial charge < -0.3 is 19.8 Å². The normalized spacial score (nSPS) is 16.9. The van der Waals surface area contributed by atoms with Gasteiger partial charge in [0, 0.05) is 85.3 Å². The number of nitrogens with zero attached hydrogens (tertiary/aromatic N) is 3.